The molecule has 0 fully saturated rings. The number of benzene rings is 2. The van der Waals surface area contributed by atoms with Crippen LogP contribution in [-0.2, 0) is 6.42 Å². The summed E-state index contributed by atoms with van der Waals surface area (Å²) < 4.78 is 7.21. The van der Waals surface area contributed by atoms with Crippen LogP contribution >= 0.6 is 0 Å². The minimum atomic E-state index is -0.0920. The highest BCUT2D eigenvalue weighted by atomic mass is 16.5. The molecule has 0 amide bonds. The Balaban J connectivity index is 1.71. The van der Waals surface area contributed by atoms with Gasteiger partial charge in [-0.2, -0.15) is 4.98 Å². The first kappa shape index (κ1) is 18.0. The van der Waals surface area contributed by atoms with E-state index in [1.165, 1.54) is 5.56 Å². The molecule has 146 valence electrons. The smallest absolute Gasteiger partial charge is 0.262 e. The predicted octanol–water partition coefficient (Wildman–Crippen LogP) is 4.67. The molecule has 3 aromatic heterocycles. The number of fused-ring (bicyclic) bond motifs is 1. The van der Waals surface area contributed by atoms with Crippen molar-refractivity contribution in [3.05, 3.63) is 95.2 Å². The van der Waals surface area contributed by atoms with Crippen molar-refractivity contribution in [2.45, 2.75) is 13.3 Å². The maximum atomic E-state index is 13.2. The Morgan fingerprint density at radius 2 is 1.77 bits per heavy atom. The van der Waals surface area contributed by atoms with E-state index in [1.54, 1.807) is 23.2 Å². The molecule has 6 nitrogen and oxygen atoms in total. The van der Waals surface area contributed by atoms with Crippen LogP contribution in [0.3, 0.4) is 0 Å². The van der Waals surface area contributed by atoms with Gasteiger partial charge in [0, 0.05) is 40.6 Å². The van der Waals surface area contributed by atoms with Gasteiger partial charge in [0.2, 0.25) is 5.82 Å². The number of hydrogen-bond donors (Lipinski definition) is 0. The van der Waals surface area contributed by atoms with Gasteiger partial charge in [-0.25, -0.2) is 0 Å². The molecule has 0 atom stereocenters. The second-order valence-electron chi connectivity index (χ2n) is 6.95. The zero-order valence-corrected chi connectivity index (χ0v) is 16.3. The largest absolute Gasteiger partial charge is 0.334 e. The molecule has 0 aliphatic heterocycles. The van der Waals surface area contributed by atoms with Crippen molar-refractivity contribution < 1.29 is 4.52 Å². The van der Waals surface area contributed by atoms with Gasteiger partial charge in [-0.05, 0) is 42.3 Å². The summed E-state index contributed by atoms with van der Waals surface area (Å²) in [7, 11) is 0. The third-order valence-electron chi connectivity index (χ3n) is 5.12. The first-order chi connectivity index (χ1) is 14.7. The molecular formula is C24H18N4O2. The molecule has 2 aromatic carbocycles. The van der Waals surface area contributed by atoms with Crippen molar-refractivity contribution in [3.8, 4) is 28.5 Å². The topological polar surface area (TPSA) is 73.8 Å². The van der Waals surface area contributed by atoms with E-state index in [4.69, 9.17) is 4.52 Å². The van der Waals surface area contributed by atoms with E-state index in [9.17, 15) is 4.79 Å². The summed E-state index contributed by atoms with van der Waals surface area (Å²) >= 11 is 0. The number of pyridine rings is 2. The molecule has 6 heteroatoms. The van der Waals surface area contributed by atoms with Gasteiger partial charge in [-0.1, -0.05) is 42.4 Å². The molecule has 30 heavy (non-hydrogen) atoms. The van der Waals surface area contributed by atoms with Gasteiger partial charge < -0.3 is 4.52 Å². The van der Waals surface area contributed by atoms with Crippen LogP contribution in [0.1, 0.15) is 12.5 Å². The van der Waals surface area contributed by atoms with Crippen LogP contribution in [0.25, 0.3) is 39.3 Å². The lowest BCUT2D eigenvalue weighted by molar-refractivity contribution is 0.432. The Bertz CT molecular complexity index is 1390. The third-order valence-corrected chi connectivity index (χ3v) is 5.12. The summed E-state index contributed by atoms with van der Waals surface area (Å²) in [5.41, 5.74) is 3.38. The lowest BCUT2D eigenvalue weighted by atomic mass is 10.1. The fraction of sp³-hybridized carbons (Fsp3) is 0.0833. The first-order valence-electron chi connectivity index (χ1n) is 9.73. The third kappa shape index (κ3) is 3.08. The molecule has 0 aliphatic rings. The van der Waals surface area contributed by atoms with Gasteiger partial charge in [0.15, 0.2) is 0 Å². The van der Waals surface area contributed by atoms with Crippen molar-refractivity contribution in [1.29, 1.82) is 0 Å². The van der Waals surface area contributed by atoms with Crippen LogP contribution in [0.4, 0.5) is 0 Å². The molecule has 5 rings (SSSR count). The SMILES string of the molecule is CCc1ccc(-n2cc(-c3nc(-c4cccnc4)no3)c3ccccc3c2=O)cc1. The summed E-state index contributed by atoms with van der Waals surface area (Å²) in [6.45, 7) is 2.10. The molecule has 0 unspecified atom stereocenters. The maximum Gasteiger partial charge on any atom is 0.262 e. The fourth-order valence-corrected chi connectivity index (χ4v) is 3.49. The molecule has 0 spiro atoms. The van der Waals surface area contributed by atoms with E-state index in [0.717, 1.165) is 23.1 Å². The minimum absolute atomic E-state index is 0.0920. The summed E-state index contributed by atoms with van der Waals surface area (Å²) in [6.07, 6.45) is 6.09. The Kier molecular flexibility index (Phi) is 4.44. The Labute approximate surface area is 172 Å². The van der Waals surface area contributed by atoms with Crippen LogP contribution < -0.4 is 5.56 Å². The summed E-state index contributed by atoms with van der Waals surface area (Å²) in [5.74, 6) is 0.802. The molecule has 0 bridgehead atoms. The van der Waals surface area contributed by atoms with Gasteiger partial charge in [-0.3, -0.25) is 14.3 Å². The average Bonchev–Trinajstić information content (AvgIpc) is 3.30. The molecule has 5 aromatic rings. The van der Waals surface area contributed by atoms with Crippen molar-refractivity contribution in [3.63, 3.8) is 0 Å². The standard InChI is InChI=1S/C24H18N4O2/c1-2-16-9-11-18(12-10-16)28-15-21(19-7-3-4-8-20(19)24(28)29)23-26-22(27-30-23)17-6-5-13-25-14-17/h3-15H,2H2,1H3. The predicted molar refractivity (Wildman–Crippen MR) is 115 cm³/mol. The summed E-state index contributed by atoms with van der Waals surface area (Å²) in [6, 6.07) is 19.1. The number of nitrogens with zero attached hydrogens (tertiary/aromatic N) is 4. The number of aromatic nitrogens is 4. The lowest BCUT2D eigenvalue weighted by Crippen LogP contribution is -2.18. The lowest BCUT2D eigenvalue weighted by Gasteiger charge is -2.11. The Morgan fingerprint density at radius 3 is 2.50 bits per heavy atom. The molecule has 0 saturated carbocycles. The molecule has 0 aliphatic carbocycles. The quantitative estimate of drug-likeness (QED) is 0.443. The van der Waals surface area contributed by atoms with Gasteiger partial charge >= 0.3 is 0 Å². The van der Waals surface area contributed by atoms with Gasteiger partial charge in [0.05, 0.1) is 5.56 Å². The normalized spacial score (nSPS) is 11.1. The van der Waals surface area contributed by atoms with Crippen LogP contribution in [0, 0.1) is 0 Å². The van der Waals surface area contributed by atoms with E-state index in [-0.39, 0.29) is 5.56 Å². The molecule has 0 radical (unpaired) electrons. The number of aryl methyl sites for hydroxylation is 1. The maximum absolute atomic E-state index is 13.2. The van der Waals surface area contributed by atoms with Crippen LogP contribution in [0.15, 0.2) is 88.6 Å². The molecule has 0 N–H and O–H groups in total. The van der Waals surface area contributed by atoms with E-state index in [2.05, 4.69) is 22.0 Å². The first-order valence-corrected chi connectivity index (χ1v) is 9.73. The van der Waals surface area contributed by atoms with Crippen LogP contribution in [0.2, 0.25) is 0 Å². The fourth-order valence-electron chi connectivity index (χ4n) is 3.49. The second-order valence-corrected chi connectivity index (χ2v) is 6.95. The zero-order chi connectivity index (χ0) is 20.5. The molecule has 0 saturated heterocycles. The van der Waals surface area contributed by atoms with E-state index < -0.39 is 0 Å². The highest BCUT2D eigenvalue weighted by molar-refractivity contribution is 5.94. The number of rotatable bonds is 4. The Morgan fingerprint density at radius 1 is 0.967 bits per heavy atom. The summed E-state index contributed by atoms with van der Waals surface area (Å²) in [5, 5.41) is 5.47. The monoisotopic (exact) mass is 394 g/mol. The van der Waals surface area contributed by atoms with E-state index in [1.807, 2.05) is 60.7 Å². The second kappa shape index (κ2) is 7.40. The van der Waals surface area contributed by atoms with Crippen molar-refractivity contribution in [2.75, 3.05) is 0 Å². The average molecular weight is 394 g/mol. The Hall–Kier alpha value is -4.06. The van der Waals surface area contributed by atoms with Gasteiger partial charge in [0.25, 0.3) is 11.4 Å². The van der Waals surface area contributed by atoms with Crippen molar-refractivity contribution >= 4 is 10.8 Å². The van der Waals surface area contributed by atoms with E-state index >= 15 is 0 Å². The minimum Gasteiger partial charge on any atom is -0.334 e. The highest BCUT2D eigenvalue weighted by Crippen LogP contribution is 2.28. The van der Waals surface area contributed by atoms with Crippen molar-refractivity contribution in [2.24, 2.45) is 0 Å². The number of hydrogen-bond acceptors (Lipinski definition) is 5. The van der Waals surface area contributed by atoms with Gasteiger partial charge in [-0.15, -0.1) is 0 Å². The van der Waals surface area contributed by atoms with Gasteiger partial charge in [0.1, 0.15) is 0 Å². The van der Waals surface area contributed by atoms with Crippen LogP contribution in [-0.4, -0.2) is 19.7 Å². The molecular weight excluding hydrogens is 376 g/mol. The summed E-state index contributed by atoms with van der Waals surface area (Å²) in [4.78, 5) is 21.8. The zero-order valence-electron chi connectivity index (χ0n) is 16.3. The van der Waals surface area contributed by atoms with E-state index in [0.29, 0.717) is 22.7 Å². The highest BCUT2D eigenvalue weighted by Gasteiger charge is 2.17. The van der Waals surface area contributed by atoms with Crippen LogP contribution in [0.5, 0.6) is 0 Å². The van der Waals surface area contributed by atoms with Crippen molar-refractivity contribution in [1.82, 2.24) is 19.7 Å². The molecule has 3 heterocycles.